The number of hydrogen-bond donors (Lipinski definition) is 20. The fourth-order valence-corrected chi connectivity index (χ4v) is 8.73. The highest BCUT2D eigenvalue weighted by Gasteiger charge is 2.38. The van der Waals surface area contributed by atoms with E-state index >= 15 is 0 Å². The topological polar surface area (TPSA) is 507 Å². The number of hydrogen-bond acceptors (Lipinski definition) is 20. The van der Waals surface area contributed by atoms with E-state index in [4.69, 9.17) is 16.6 Å². The SMILES string of the molecule is CC(C)C[C@H](NC(=O)[C@H](CCCCN)NC(=O)[C@H](CO)NC(=O)[C@H](CS)NC(=O)[C@H](CC(C)C)NC(=O)[C@@H](NC(=O)[C@H](CC(C)C)NC(=O)[C@H](CS)NC(=O)[C@@H](NC(=O)[C@H](CCC(=O)O)NC(=O)CN)C(C)C)[C@@H](C)O)C(=O)N[C@H](C(=O)O)[C@@H](C)O. The molecule has 33 heteroatoms. The molecule has 0 aromatic rings. The smallest absolute Gasteiger partial charge is 0.328 e. The number of amides is 11. The van der Waals surface area contributed by atoms with Crippen LogP contribution in [0.25, 0.3) is 0 Å². The Kier molecular flexibility index (Phi) is 37.9. The minimum absolute atomic E-state index is 0.0145. The summed E-state index contributed by atoms with van der Waals surface area (Å²) < 4.78 is 0. The van der Waals surface area contributed by atoms with Crippen molar-refractivity contribution in [3.63, 3.8) is 0 Å². The van der Waals surface area contributed by atoms with Crippen molar-refractivity contribution in [2.24, 2.45) is 35.1 Å². The van der Waals surface area contributed by atoms with Crippen molar-refractivity contribution in [2.75, 3.05) is 31.2 Å². The lowest BCUT2D eigenvalue weighted by molar-refractivity contribution is -0.145. The molecule has 0 aromatic heterocycles. The van der Waals surface area contributed by atoms with Crippen molar-refractivity contribution in [2.45, 2.75) is 199 Å². The Balaban J connectivity index is 6.46. The molecule has 0 spiro atoms. The Bertz CT molecular complexity index is 2280. The molecule has 0 saturated carbocycles. The number of aliphatic carboxylic acids is 2. The summed E-state index contributed by atoms with van der Waals surface area (Å²) in [5, 5.41) is 76.4. The third-order valence-electron chi connectivity index (χ3n) is 12.9. The summed E-state index contributed by atoms with van der Waals surface area (Å²) in [7, 11) is 0. The van der Waals surface area contributed by atoms with Crippen molar-refractivity contribution < 1.29 is 87.9 Å². The number of carboxylic acids is 2. The maximum Gasteiger partial charge on any atom is 0.328 e. The van der Waals surface area contributed by atoms with Gasteiger partial charge in [0.15, 0.2) is 6.04 Å². The number of rotatable bonds is 42. The van der Waals surface area contributed by atoms with Gasteiger partial charge < -0.3 is 95.5 Å². The van der Waals surface area contributed by atoms with Crippen molar-refractivity contribution in [3.8, 4) is 0 Å². The maximum absolute atomic E-state index is 14.0. The Morgan fingerprint density at radius 1 is 0.395 bits per heavy atom. The number of nitrogens with two attached hydrogens (primary N) is 2. The van der Waals surface area contributed by atoms with E-state index in [0.717, 1.165) is 6.92 Å². The molecule has 0 radical (unpaired) electrons. The van der Waals surface area contributed by atoms with E-state index in [0.29, 0.717) is 6.42 Å². The van der Waals surface area contributed by atoms with Crippen LogP contribution in [0, 0.1) is 23.7 Å². The van der Waals surface area contributed by atoms with Crippen LogP contribution < -0.4 is 70.0 Å². The van der Waals surface area contributed by atoms with Crippen LogP contribution in [0.15, 0.2) is 0 Å². The maximum atomic E-state index is 14.0. The highest BCUT2D eigenvalue weighted by Crippen LogP contribution is 2.13. The molecule has 492 valence electrons. The van der Waals surface area contributed by atoms with Crippen molar-refractivity contribution in [3.05, 3.63) is 0 Å². The Hall–Kier alpha value is -6.39. The lowest BCUT2D eigenvalue weighted by atomic mass is 10.00. The molecular formula is C53H95N13O18S2. The molecule has 11 amide bonds. The van der Waals surface area contributed by atoms with E-state index in [9.17, 15) is 82.8 Å². The standard InChI is InChI=1S/C53H95N13O18S2/c1-24(2)17-32(45(75)62-36(22-85)50(80)61-35(21-67)48(78)57-30(13-11-12-16-54)43(73)58-34(19-26(5)6)47(77)66-42(29(10)69)53(83)84)60-52(82)41(28(9)68)65-46(76)33(18-25(3)4)59-49(79)37(23-86)63-51(81)40(27(7)8)64-44(74)31(14-15-39(71)72)56-38(70)20-55/h24-37,40-42,67-69,85-86H,11-23,54-55H2,1-10H3,(H,56,70)(H,57,78)(H,58,73)(H,59,79)(H,60,82)(H,61,80)(H,62,75)(H,63,81)(H,64,74)(H,65,76)(H,66,77)(H,71,72)(H,83,84)/t28-,29-,30+,31+,32+,33+,34+,35+,36+,37+,40+,41+,42+/m1/s1. The summed E-state index contributed by atoms with van der Waals surface area (Å²) in [4.78, 5) is 172. The summed E-state index contributed by atoms with van der Waals surface area (Å²) in [5.41, 5.74) is 11.0. The zero-order chi connectivity index (χ0) is 66.3. The van der Waals surface area contributed by atoms with Crippen molar-refractivity contribution >= 4 is 102 Å². The second-order valence-electron chi connectivity index (χ2n) is 22.4. The van der Waals surface area contributed by atoms with Crippen LogP contribution in [-0.4, -0.2) is 212 Å². The molecule has 0 fully saturated rings. The first-order chi connectivity index (χ1) is 40.1. The van der Waals surface area contributed by atoms with Crippen LogP contribution >= 0.6 is 25.3 Å². The molecule has 86 heavy (non-hydrogen) atoms. The first kappa shape index (κ1) is 79.6. The number of carboxylic acid groups (broad SMARTS) is 2. The van der Waals surface area contributed by atoms with Crippen LogP contribution in [0.1, 0.15) is 121 Å². The van der Waals surface area contributed by atoms with Crippen LogP contribution in [0.3, 0.4) is 0 Å². The van der Waals surface area contributed by atoms with Crippen LogP contribution in [0.4, 0.5) is 0 Å². The number of thiol groups is 2. The summed E-state index contributed by atoms with van der Waals surface area (Å²) in [6.07, 6.45) is -3.44. The largest absolute Gasteiger partial charge is 0.481 e. The molecule has 0 aromatic carbocycles. The number of nitrogens with one attached hydrogen (secondary N) is 11. The lowest BCUT2D eigenvalue weighted by Crippen LogP contribution is -2.63. The Labute approximate surface area is 512 Å². The van der Waals surface area contributed by atoms with Crippen molar-refractivity contribution in [1.82, 2.24) is 58.5 Å². The van der Waals surface area contributed by atoms with Crippen LogP contribution in [0.5, 0.6) is 0 Å². The monoisotopic (exact) mass is 1270 g/mol. The van der Waals surface area contributed by atoms with Crippen LogP contribution in [0.2, 0.25) is 0 Å². The highest BCUT2D eigenvalue weighted by atomic mass is 32.1. The molecule has 0 aliphatic carbocycles. The molecule has 13 atom stereocenters. The molecule has 0 rings (SSSR count). The fourth-order valence-electron chi connectivity index (χ4n) is 8.22. The van der Waals surface area contributed by atoms with Gasteiger partial charge in [0.2, 0.25) is 65.0 Å². The average molecular weight is 1270 g/mol. The second-order valence-corrected chi connectivity index (χ2v) is 23.2. The van der Waals surface area contributed by atoms with E-state index in [1.165, 1.54) is 6.92 Å². The van der Waals surface area contributed by atoms with Gasteiger partial charge in [0.05, 0.1) is 25.4 Å². The third kappa shape index (κ3) is 29.8. The normalized spacial score (nSPS) is 15.9. The van der Waals surface area contributed by atoms with E-state index < -0.39 is 187 Å². The van der Waals surface area contributed by atoms with E-state index in [-0.39, 0.29) is 68.6 Å². The molecule has 20 N–H and O–H groups in total. The minimum atomic E-state index is -1.77. The zero-order valence-electron chi connectivity index (χ0n) is 50.6. The van der Waals surface area contributed by atoms with E-state index in [1.807, 2.05) is 0 Å². The van der Waals surface area contributed by atoms with Crippen LogP contribution in [-0.2, 0) is 62.3 Å². The van der Waals surface area contributed by atoms with Crippen molar-refractivity contribution in [1.29, 1.82) is 0 Å². The fraction of sp³-hybridized carbons (Fsp3) is 0.755. The summed E-state index contributed by atoms with van der Waals surface area (Å²) in [6, 6.07) is -16.5. The van der Waals surface area contributed by atoms with Gasteiger partial charge in [-0.25, -0.2) is 4.79 Å². The van der Waals surface area contributed by atoms with Gasteiger partial charge in [0, 0.05) is 17.9 Å². The predicted molar refractivity (Wildman–Crippen MR) is 319 cm³/mol. The number of carbonyl (C=O) groups is 13. The minimum Gasteiger partial charge on any atom is -0.481 e. The number of carbonyl (C=O) groups excluding carboxylic acids is 11. The third-order valence-corrected chi connectivity index (χ3v) is 13.6. The summed E-state index contributed by atoms with van der Waals surface area (Å²) in [6.45, 7) is 14.4. The zero-order valence-corrected chi connectivity index (χ0v) is 52.4. The van der Waals surface area contributed by atoms with Gasteiger partial charge in [-0.1, -0.05) is 55.4 Å². The molecule has 0 bridgehead atoms. The molecule has 0 heterocycles. The predicted octanol–water partition coefficient (Wildman–Crippen LogP) is -5.24. The quantitative estimate of drug-likeness (QED) is 0.0201. The van der Waals surface area contributed by atoms with Gasteiger partial charge in [0.25, 0.3) is 0 Å². The summed E-state index contributed by atoms with van der Waals surface area (Å²) >= 11 is 8.40. The number of aliphatic hydroxyl groups is 3. The average Bonchev–Trinajstić information content (AvgIpc) is 3.52. The molecule has 0 saturated heterocycles. The highest BCUT2D eigenvalue weighted by molar-refractivity contribution is 7.80. The molecule has 0 unspecified atom stereocenters. The molecule has 0 aliphatic rings. The number of unbranched alkanes of at least 4 members (excludes halogenated alkanes) is 1. The van der Waals surface area contributed by atoms with Gasteiger partial charge in [-0.3, -0.25) is 57.5 Å². The summed E-state index contributed by atoms with van der Waals surface area (Å²) in [5.74, 6) is -15.4. The van der Waals surface area contributed by atoms with Gasteiger partial charge in [-0.2, -0.15) is 25.3 Å². The second kappa shape index (κ2) is 40.9. The molecular weight excluding hydrogens is 1170 g/mol. The molecule has 0 aliphatic heterocycles. The Morgan fingerprint density at radius 3 is 1.10 bits per heavy atom. The first-order valence-corrected chi connectivity index (χ1v) is 29.7. The Morgan fingerprint density at radius 2 is 0.721 bits per heavy atom. The first-order valence-electron chi connectivity index (χ1n) is 28.5. The van der Waals surface area contributed by atoms with Gasteiger partial charge in [-0.05, 0) is 89.0 Å². The van der Waals surface area contributed by atoms with Gasteiger partial charge in [-0.15, -0.1) is 0 Å². The van der Waals surface area contributed by atoms with Gasteiger partial charge in [0.1, 0.15) is 60.4 Å². The number of aliphatic hydroxyl groups excluding tert-OH is 3. The van der Waals surface area contributed by atoms with Gasteiger partial charge >= 0.3 is 11.9 Å². The van der Waals surface area contributed by atoms with E-state index in [1.54, 1.807) is 55.4 Å². The lowest BCUT2D eigenvalue weighted by Gasteiger charge is -2.29. The van der Waals surface area contributed by atoms with E-state index in [2.05, 4.69) is 83.7 Å². The molecule has 31 nitrogen and oxygen atoms in total.